The highest BCUT2D eigenvalue weighted by Gasteiger charge is 2.10. The molecule has 0 aliphatic heterocycles. The molecule has 0 fully saturated rings. The molecule has 0 saturated heterocycles. The summed E-state index contributed by atoms with van der Waals surface area (Å²) in [6, 6.07) is 11.7. The van der Waals surface area contributed by atoms with Crippen LogP contribution in [0, 0.1) is 0 Å². The zero-order chi connectivity index (χ0) is 14.5. The van der Waals surface area contributed by atoms with Crippen LogP contribution in [-0.4, -0.2) is 22.8 Å². The number of ether oxygens (including phenoxy) is 1. The average molecular weight is 273 g/mol. The topological polar surface area (TPSA) is 68.5 Å². The van der Waals surface area contributed by atoms with Crippen LogP contribution >= 0.6 is 0 Å². The number of carbonyl (C=O) groups is 1. The standard InChI is InChI=1S/C15H15NO4/c1-20-12-7-5-11(6-8-12)9-10-16-13(15(18)19)3-2-4-14(16)17/h2-8H,9-10H2,1H3,(H,18,19). The SMILES string of the molecule is COc1ccc(CCn2c(C(=O)O)cccc2=O)cc1. The maximum absolute atomic E-state index is 11.7. The lowest BCUT2D eigenvalue weighted by Crippen LogP contribution is -2.25. The van der Waals surface area contributed by atoms with Crippen molar-refractivity contribution in [2.45, 2.75) is 13.0 Å². The molecule has 0 amide bonds. The number of carboxylic acid groups (broad SMARTS) is 1. The number of aryl methyl sites for hydroxylation is 1. The molecule has 0 radical (unpaired) electrons. The number of hydrogen-bond donors (Lipinski definition) is 1. The number of aromatic nitrogens is 1. The van der Waals surface area contributed by atoms with Gasteiger partial charge in [-0.1, -0.05) is 18.2 Å². The Bertz CT molecular complexity index is 658. The summed E-state index contributed by atoms with van der Waals surface area (Å²) in [7, 11) is 1.59. The number of rotatable bonds is 5. The quantitative estimate of drug-likeness (QED) is 0.902. The van der Waals surface area contributed by atoms with E-state index in [1.54, 1.807) is 7.11 Å². The molecule has 0 aliphatic carbocycles. The summed E-state index contributed by atoms with van der Waals surface area (Å²) in [5, 5.41) is 9.08. The van der Waals surface area contributed by atoms with E-state index in [0.29, 0.717) is 13.0 Å². The van der Waals surface area contributed by atoms with E-state index in [0.717, 1.165) is 11.3 Å². The van der Waals surface area contributed by atoms with Gasteiger partial charge >= 0.3 is 5.97 Å². The van der Waals surface area contributed by atoms with Gasteiger partial charge in [0.2, 0.25) is 0 Å². The van der Waals surface area contributed by atoms with Crippen LogP contribution in [-0.2, 0) is 13.0 Å². The molecule has 0 bridgehead atoms. The minimum absolute atomic E-state index is 0.00557. The van der Waals surface area contributed by atoms with Crippen molar-refractivity contribution in [3.05, 3.63) is 64.1 Å². The van der Waals surface area contributed by atoms with Crippen molar-refractivity contribution < 1.29 is 14.6 Å². The number of pyridine rings is 1. The van der Waals surface area contributed by atoms with Crippen LogP contribution in [0.2, 0.25) is 0 Å². The molecule has 104 valence electrons. The van der Waals surface area contributed by atoms with E-state index >= 15 is 0 Å². The summed E-state index contributed by atoms with van der Waals surface area (Å²) in [5.41, 5.74) is 0.710. The summed E-state index contributed by atoms with van der Waals surface area (Å²) in [6.07, 6.45) is 0.578. The predicted octanol–water partition coefficient (Wildman–Crippen LogP) is 1.80. The fourth-order valence-corrected chi connectivity index (χ4v) is 1.97. The van der Waals surface area contributed by atoms with Gasteiger partial charge in [0.1, 0.15) is 11.4 Å². The average Bonchev–Trinajstić information content (AvgIpc) is 2.46. The molecule has 1 aromatic carbocycles. The number of benzene rings is 1. The lowest BCUT2D eigenvalue weighted by molar-refractivity contribution is 0.0683. The van der Waals surface area contributed by atoms with Crippen LogP contribution in [0.4, 0.5) is 0 Å². The van der Waals surface area contributed by atoms with E-state index in [9.17, 15) is 9.59 Å². The Labute approximate surface area is 116 Å². The lowest BCUT2D eigenvalue weighted by Gasteiger charge is -2.09. The summed E-state index contributed by atoms with van der Waals surface area (Å²) < 4.78 is 6.34. The third-order valence-electron chi connectivity index (χ3n) is 3.05. The molecule has 20 heavy (non-hydrogen) atoms. The second-order valence-corrected chi connectivity index (χ2v) is 4.30. The molecule has 5 heteroatoms. The molecule has 5 nitrogen and oxygen atoms in total. The zero-order valence-corrected chi connectivity index (χ0v) is 11.1. The number of hydrogen-bond acceptors (Lipinski definition) is 3. The van der Waals surface area contributed by atoms with Crippen LogP contribution < -0.4 is 10.3 Å². The highest BCUT2D eigenvalue weighted by molar-refractivity contribution is 5.85. The molecule has 2 aromatic rings. The van der Waals surface area contributed by atoms with Gasteiger partial charge in [0.05, 0.1) is 7.11 Å². The van der Waals surface area contributed by atoms with Crippen molar-refractivity contribution in [3.8, 4) is 5.75 Å². The number of methoxy groups -OCH3 is 1. The van der Waals surface area contributed by atoms with Gasteiger partial charge in [0, 0.05) is 12.6 Å². The van der Waals surface area contributed by atoms with Crippen LogP contribution in [0.1, 0.15) is 16.1 Å². The summed E-state index contributed by atoms with van der Waals surface area (Å²) in [5.74, 6) is -0.339. The van der Waals surface area contributed by atoms with E-state index < -0.39 is 5.97 Å². The van der Waals surface area contributed by atoms with E-state index in [-0.39, 0.29) is 11.3 Å². The minimum Gasteiger partial charge on any atom is -0.497 e. The molecule has 0 atom stereocenters. The number of aromatic carboxylic acids is 1. The highest BCUT2D eigenvalue weighted by Crippen LogP contribution is 2.12. The number of carboxylic acids is 1. The molecule has 1 N–H and O–H groups in total. The minimum atomic E-state index is -1.10. The molecule has 2 rings (SSSR count). The smallest absolute Gasteiger partial charge is 0.352 e. The Hall–Kier alpha value is -2.56. The normalized spacial score (nSPS) is 10.2. The van der Waals surface area contributed by atoms with E-state index in [1.807, 2.05) is 24.3 Å². The van der Waals surface area contributed by atoms with Gasteiger partial charge in [-0.2, -0.15) is 0 Å². The maximum Gasteiger partial charge on any atom is 0.352 e. The maximum atomic E-state index is 11.7. The van der Waals surface area contributed by atoms with Crippen LogP contribution in [0.3, 0.4) is 0 Å². The van der Waals surface area contributed by atoms with Crippen LogP contribution in [0.15, 0.2) is 47.3 Å². The first-order valence-electron chi connectivity index (χ1n) is 6.18. The molecule has 0 aliphatic rings. The van der Waals surface area contributed by atoms with Gasteiger partial charge < -0.3 is 14.4 Å². The van der Waals surface area contributed by atoms with E-state index in [4.69, 9.17) is 9.84 Å². The van der Waals surface area contributed by atoms with Crippen molar-refractivity contribution in [2.24, 2.45) is 0 Å². The Morgan fingerprint density at radius 1 is 1.20 bits per heavy atom. The Morgan fingerprint density at radius 3 is 2.50 bits per heavy atom. The predicted molar refractivity (Wildman–Crippen MR) is 74.4 cm³/mol. The fourth-order valence-electron chi connectivity index (χ4n) is 1.97. The second-order valence-electron chi connectivity index (χ2n) is 4.30. The van der Waals surface area contributed by atoms with Crippen molar-refractivity contribution in [1.82, 2.24) is 4.57 Å². The Kier molecular flexibility index (Phi) is 4.20. The van der Waals surface area contributed by atoms with Crippen molar-refractivity contribution in [1.29, 1.82) is 0 Å². The van der Waals surface area contributed by atoms with E-state index in [2.05, 4.69) is 0 Å². The Balaban J connectivity index is 2.18. The monoisotopic (exact) mass is 273 g/mol. The molecular formula is C15H15NO4. The van der Waals surface area contributed by atoms with Gasteiger partial charge in [-0.3, -0.25) is 4.79 Å². The zero-order valence-electron chi connectivity index (χ0n) is 11.1. The molecule has 0 spiro atoms. The van der Waals surface area contributed by atoms with E-state index in [1.165, 1.54) is 22.8 Å². The third-order valence-corrected chi connectivity index (χ3v) is 3.05. The summed E-state index contributed by atoms with van der Waals surface area (Å²) in [6.45, 7) is 0.327. The van der Waals surface area contributed by atoms with Gasteiger partial charge in [0.15, 0.2) is 0 Å². The van der Waals surface area contributed by atoms with Gasteiger partial charge in [-0.15, -0.1) is 0 Å². The first-order chi connectivity index (χ1) is 9.61. The van der Waals surface area contributed by atoms with Gasteiger partial charge in [-0.05, 0) is 30.2 Å². The first kappa shape index (κ1) is 13.9. The van der Waals surface area contributed by atoms with Crippen molar-refractivity contribution >= 4 is 5.97 Å². The second kappa shape index (κ2) is 6.06. The molecular weight excluding hydrogens is 258 g/mol. The number of nitrogens with zero attached hydrogens (tertiary/aromatic N) is 1. The summed E-state index contributed by atoms with van der Waals surface area (Å²) in [4.78, 5) is 22.8. The van der Waals surface area contributed by atoms with Crippen LogP contribution in [0.25, 0.3) is 0 Å². The first-order valence-corrected chi connectivity index (χ1v) is 6.18. The molecule has 1 heterocycles. The van der Waals surface area contributed by atoms with Gasteiger partial charge in [-0.25, -0.2) is 4.79 Å². The Morgan fingerprint density at radius 2 is 1.90 bits per heavy atom. The van der Waals surface area contributed by atoms with Crippen molar-refractivity contribution in [3.63, 3.8) is 0 Å². The van der Waals surface area contributed by atoms with Gasteiger partial charge in [0.25, 0.3) is 5.56 Å². The highest BCUT2D eigenvalue weighted by atomic mass is 16.5. The molecule has 0 unspecified atom stereocenters. The molecule has 1 aromatic heterocycles. The third kappa shape index (κ3) is 3.06. The van der Waals surface area contributed by atoms with Crippen molar-refractivity contribution in [2.75, 3.05) is 7.11 Å². The van der Waals surface area contributed by atoms with Crippen LogP contribution in [0.5, 0.6) is 5.75 Å². The summed E-state index contributed by atoms with van der Waals surface area (Å²) >= 11 is 0. The fraction of sp³-hybridized carbons (Fsp3) is 0.200. The lowest BCUT2D eigenvalue weighted by atomic mass is 10.1. The largest absolute Gasteiger partial charge is 0.497 e. The molecule has 0 saturated carbocycles.